The average Bonchev–Trinajstić information content (AvgIpc) is 2.35. The molecule has 0 atom stereocenters. The Balaban J connectivity index is 1.94. The lowest BCUT2D eigenvalue weighted by Crippen LogP contribution is -2.37. The van der Waals surface area contributed by atoms with Crippen LogP contribution >= 0.6 is 12.2 Å². The maximum absolute atomic E-state index is 5.15. The molecule has 4 heteroatoms. The normalized spacial score (nSPS) is 16.5. The van der Waals surface area contributed by atoms with Crippen molar-refractivity contribution in [1.82, 2.24) is 10.7 Å². The fourth-order valence-electron chi connectivity index (χ4n) is 2.08. The van der Waals surface area contributed by atoms with E-state index in [0.717, 1.165) is 19.3 Å². The van der Waals surface area contributed by atoms with Crippen molar-refractivity contribution >= 4 is 23.0 Å². The molecule has 0 spiro atoms. The zero-order valence-corrected chi connectivity index (χ0v) is 11.7. The Morgan fingerprint density at radius 2 is 1.94 bits per heavy atom. The molecule has 0 unspecified atom stereocenters. The second-order valence-electron chi connectivity index (χ2n) is 4.86. The van der Waals surface area contributed by atoms with Crippen LogP contribution in [0.15, 0.2) is 29.4 Å². The maximum atomic E-state index is 5.15. The third-order valence-corrected chi connectivity index (χ3v) is 3.14. The molecule has 18 heavy (non-hydrogen) atoms. The van der Waals surface area contributed by atoms with Gasteiger partial charge in [-0.2, -0.15) is 5.10 Å². The smallest absolute Gasteiger partial charge is 0.187 e. The van der Waals surface area contributed by atoms with Crippen molar-refractivity contribution in [3.8, 4) is 0 Å². The van der Waals surface area contributed by atoms with Gasteiger partial charge in [-0.25, -0.2) is 0 Å². The number of nitrogens with one attached hydrogen (secondary N) is 2. The summed E-state index contributed by atoms with van der Waals surface area (Å²) in [5, 5.41) is 8.11. The van der Waals surface area contributed by atoms with Gasteiger partial charge >= 0.3 is 0 Å². The van der Waals surface area contributed by atoms with Crippen LogP contribution in [-0.4, -0.2) is 16.9 Å². The summed E-state index contributed by atoms with van der Waals surface area (Å²) < 4.78 is 0. The van der Waals surface area contributed by atoms with Gasteiger partial charge in [0.05, 0.1) is 0 Å². The molecule has 2 N–H and O–H groups in total. The average molecular weight is 261 g/mol. The second kappa shape index (κ2) is 5.96. The first-order chi connectivity index (χ1) is 8.65. The van der Waals surface area contributed by atoms with Crippen molar-refractivity contribution in [1.29, 1.82) is 0 Å². The molecule has 1 aliphatic rings. The van der Waals surface area contributed by atoms with Crippen LogP contribution in [0.5, 0.6) is 0 Å². The Labute approximate surface area is 114 Å². The Kier molecular flexibility index (Phi) is 4.31. The van der Waals surface area contributed by atoms with Crippen LogP contribution in [0, 0.1) is 0 Å². The Bertz CT molecular complexity index is 466. The molecule has 2 rings (SSSR count). The molecular weight excluding hydrogens is 242 g/mol. The monoisotopic (exact) mass is 261 g/mol. The van der Waals surface area contributed by atoms with E-state index in [2.05, 4.69) is 54.0 Å². The van der Waals surface area contributed by atoms with E-state index in [9.17, 15) is 0 Å². The maximum Gasteiger partial charge on any atom is 0.187 e. The number of rotatable bonds is 2. The predicted molar refractivity (Wildman–Crippen MR) is 79.9 cm³/mol. The minimum absolute atomic E-state index is 0.331. The van der Waals surface area contributed by atoms with Gasteiger partial charge in [-0.3, -0.25) is 5.43 Å². The van der Waals surface area contributed by atoms with E-state index >= 15 is 0 Å². The highest BCUT2D eigenvalue weighted by atomic mass is 32.1. The lowest BCUT2D eigenvalue weighted by molar-refractivity contribution is 0.718. The number of thiocarbonyl (C=S) groups is 1. The molecule has 0 aromatic heterocycles. The molecule has 1 aromatic carbocycles. The molecule has 3 nitrogen and oxygen atoms in total. The molecule has 0 aliphatic heterocycles. The molecule has 0 amide bonds. The molecule has 0 heterocycles. The molecule has 0 radical (unpaired) electrons. The molecule has 1 aromatic rings. The Morgan fingerprint density at radius 1 is 1.22 bits per heavy atom. The molecule has 0 saturated carbocycles. The summed E-state index contributed by atoms with van der Waals surface area (Å²) in [6, 6.07) is 8.89. The van der Waals surface area contributed by atoms with Crippen LogP contribution in [0.1, 0.15) is 31.4 Å². The fraction of sp³-hybridized carbons (Fsp3) is 0.429. The molecule has 0 bridgehead atoms. The first kappa shape index (κ1) is 13.0. The van der Waals surface area contributed by atoms with Gasteiger partial charge < -0.3 is 5.32 Å². The summed E-state index contributed by atoms with van der Waals surface area (Å²) in [5.74, 6) is 0. The Morgan fingerprint density at radius 3 is 2.67 bits per heavy atom. The second-order valence-corrected chi connectivity index (χ2v) is 5.27. The van der Waals surface area contributed by atoms with E-state index in [1.54, 1.807) is 0 Å². The molecule has 1 aliphatic carbocycles. The van der Waals surface area contributed by atoms with Crippen molar-refractivity contribution in [2.75, 3.05) is 0 Å². The van der Waals surface area contributed by atoms with Crippen molar-refractivity contribution in [3.05, 3.63) is 35.4 Å². The lowest BCUT2D eigenvalue weighted by Gasteiger charge is -2.18. The highest BCUT2D eigenvalue weighted by Gasteiger charge is 2.13. The van der Waals surface area contributed by atoms with Crippen molar-refractivity contribution in [3.63, 3.8) is 0 Å². The standard InChI is InChI=1S/C14H19N3S/c1-10(2)15-14(18)17-16-13-8-7-11-5-3-4-6-12(11)9-13/h3-6,10H,7-9H2,1-2H3,(H2,15,17,18)/b16-13-. The van der Waals surface area contributed by atoms with Crippen molar-refractivity contribution < 1.29 is 0 Å². The molecule has 96 valence electrons. The van der Waals surface area contributed by atoms with Gasteiger partial charge in [-0.05, 0) is 50.0 Å². The number of nitrogens with zero attached hydrogens (tertiary/aromatic N) is 1. The van der Waals surface area contributed by atoms with Gasteiger partial charge in [0.15, 0.2) is 5.11 Å². The number of hydrazone groups is 1. The van der Waals surface area contributed by atoms with Crippen molar-refractivity contribution in [2.45, 2.75) is 39.2 Å². The summed E-state index contributed by atoms with van der Waals surface area (Å²) in [7, 11) is 0. The van der Waals surface area contributed by atoms with E-state index in [0.29, 0.717) is 11.2 Å². The van der Waals surface area contributed by atoms with E-state index in [-0.39, 0.29) is 0 Å². The minimum atomic E-state index is 0.331. The van der Waals surface area contributed by atoms with Crippen LogP contribution < -0.4 is 10.7 Å². The minimum Gasteiger partial charge on any atom is -0.359 e. The highest BCUT2D eigenvalue weighted by Crippen LogP contribution is 2.18. The van der Waals surface area contributed by atoms with Gasteiger partial charge in [0.25, 0.3) is 0 Å². The largest absolute Gasteiger partial charge is 0.359 e. The van der Waals surface area contributed by atoms with E-state index in [4.69, 9.17) is 12.2 Å². The summed E-state index contributed by atoms with van der Waals surface area (Å²) >= 11 is 5.15. The summed E-state index contributed by atoms with van der Waals surface area (Å²) in [4.78, 5) is 0. The molecule has 0 saturated heterocycles. The van der Waals surface area contributed by atoms with Gasteiger partial charge in [0, 0.05) is 18.2 Å². The van der Waals surface area contributed by atoms with Crippen LogP contribution in [0.25, 0.3) is 0 Å². The SMILES string of the molecule is CC(C)NC(=S)N/N=C1/CCc2ccccc2C1. The number of benzene rings is 1. The fourth-order valence-corrected chi connectivity index (χ4v) is 2.36. The number of hydrogen-bond donors (Lipinski definition) is 2. The zero-order chi connectivity index (χ0) is 13.0. The van der Waals surface area contributed by atoms with Gasteiger partial charge in [0.2, 0.25) is 0 Å². The lowest BCUT2D eigenvalue weighted by atomic mass is 9.90. The number of fused-ring (bicyclic) bond motifs is 1. The quantitative estimate of drug-likeness (QED) is 0.634. The van der Waals surface area contributed by atoms with E-state index < -0.39 is 0 Å². The van der Waals surface area contributed by atoms with Crippen LogP contribution in [0.3, 0.4) is 0 Å². The number of aryl methyl sites for hydroxylation is 1. The van der Waals surface area contributed by atoms with Gasteiger partial charge in [0.1, 0.15) is 0 Å². The van der Waals surface area contributed by atoms with Crippen LogP contribution in [0.4, 0.5) is 0 Å². The summed E-state index contributed by atoms with van der Waals surface area (Å²) in [5.41, 5.74) is 6.92. The van der Waals surface area contributed by atoms with E-state index in [1.807, 2.05) is 0 Å². The van der Waals surface area contributed by atoms with E-state index in [1.165, 1.54) is 16.8 Å². The van der Waals surface area contributed by atoms with Crippen LogP contribution in [0.2, 0.25) is 0 Å². The van der Waals surface area contributed by atoms with Gasteiger partial charge in [-0.15, -0.1) is 0 Å². The molecular formula is C14H19N3S. The summed E-state index contributed by atoms with van der Waals surface area (Å²) in [6.07, 6.45) is 3.00. The Hall–Kier alpha value is -1.42. The third kappa shape index (κ3) is 3.53. The van der Waals surface area contributed by atoms with Crippen molar-refractivity contribution in [2.24, 2.45) is 5.10 Å². The highest BCUT2D eigenvalue weighted by molar-refractivity contribution is 7.80. The predicted octanol–water partition coefficient (Wildman–Crippen LogP) is 2.40. The van der Waals surface area contributed by atoms with Gasteiger partial charge in [-0.1, -0.05) is 24.3 Å². The molecule has 0 fully saturated rings. The third-order valence-electron chi connectivity index (χ3n) is 2.93. The number of hydrogen-bond acceptors (Lipinski definition) is 2. The summed E-state index contributed by atoms with van der Waals surface area (Å²) in [6.45, 7) is 4.11. The first-order valence-corrected chi connectivity index (χ1v) is 6.74. The topological polar surface area (TPSA) is 36.4 Å². The first-order valence-electron chi connectivity index (χ1n) is 6.34. The van der Waals surface area contributed by atoms with Crippen LogP contribution in [-0.2, 0) is 12.8 Å². The zero-order valence-electron chi connectivity index (χ0n) is 10.9.